The van der Waals surface area contributed by atoms with Crippen molar-refractivity contribution in [3.05, 3.63) is 0 Å². The Morgan fingerprint density at radius 1 is 1.33 bits per heavy atom. The van der Waals surface area contributed by atoms with Crippen molar-refractivity contribution in [3.63, 3.8) is 0 Å². The van der Waals surface area contributed by atoms with Crippen molar-refractivity contribution < 1.29 is 14.3 Å². The normalized spacial score (nSPS) is 18.3. The van der Waals surface area contributed by atoms with Crippen molar-refractivity contribution in [2.75, 3.05) is 32.8 Å². The van der Waals surface area contributed by atoms with Gasteiger partial charge in [0, 0.05) is 19.7 Å². The molecule has 1 fully saturated rings. The number of carbonyl (C=O) groups excluding carboxylic acids is 2. The smallest absolute Gasteiger partial charge is 0.242 e. The van der Waals surface area contributed by atoms with Crippen molar-refractivity contribution in [3.8, 4) is 0 Å². The molecule has 0 aromatic carbocycles. The van der Waals surface area contributed by atoms with Gasteiger partial charge in [0.25, 0.3) is 0 Å². The minimum atomic E-state index is -0.565. The number of carbonyl (C=O) groups is 2. The van der Waals surface area contributed by atoms with E-state index in [0.717, 1.165) is 6.42 Å². The summed E-state index contributed by atoms with van der Waals surface area (Å²) in [5.41, 5.74) is 5.69. The molecule has 0 radical (unpaired) electrons. The largest absolute Gasteiger partial charge is 0.380 e. The highest BCUT2D eigenvalue weighted by atomic mass is 16.5. The average Bonchev–Trinajstić information content (AvgIpc) is 2.63. The first kappa shape index (κ1) is 14.9. The van der Waals surface area contributed by atoms with Crippen LogP contribution in [0.15, 0.2) is 0 Å². The number of nitrogens with zero attached hydrogens (tertiary/aromatic N) is 1. The van der Waals surface area contributed by atoms with Gasteiger partial charge >= 0.3 is 0 Å². The Morgan fingerprint density at radius 3 is 2.72 bits per heavy atom. The Bertz CT molecular complexity index is 286. The minimum Gasteiger partial charge on any atom is -0.380 e. The zero-order chi connectivity index (χ0) is 13.5. The van der Waals surface area contributed by atoms with Crippen LogP contribution in [-0.4, -0.2) is 55.6 Å². The van der Waals surface area contributed by atoms with E-state index in [1.807, 2.05) is 13.8 Å². The molecule has 0 saturated carbocycles. The van der Waals surface area contributed by atoms with Gasteiger partial charge in [0.2, 0.25) is 11.8 Å². The van der Waals surface area contributed by atoms with Gasteiger partial charge in [-0.05, 0) is 12.3 Å². The molecule has 6 heteroatoms. The summed E-state index contributed by atoms with van der Waals surface area (Å²) >= 11 is 0. The molecule has 0 spiro atoms. The Labute approximate surface area is 108 Å². The fraction of sp³-hybridized carbons (Fsp3) is 0.833. The quantitative estimate of drug-likeness (QED) is 0.700. The molecule has 0 bridgehead atoms. The third-order valence-electron chi connectivity index (χ3n) is 3.01. The molecular formula is C12H23N3O3. The van der Waals surface area contributed by atoms with Crippen LogP contribution < -0.4 is 11.1 Å². The van der Waals surface area contributed by atoms with E-state index in [0.29, 0.717) is 26.3 Å². The Hall–Kier alpha value is -1.14. The molecule has 1 atom stereocenters. The van der Waals surface area contributed by atoms with E-state index in [1.165, 1.54) is 0 Å². The number of hydrogen-bond acceptors (Lipinski definition) is 4. The van der Waals surface area contributed by atoms with E-state index in [4.69, 9.17) is 10.5 Å². The van der Waals surface area contributed by atoms with Gasteiger partial charge in [-0.1, -0.05) is 13.8 Å². The van der Waals surface area contributed by atoms with Crippen LogP contribution in [0.1, 0.15) is 20.3 Å². The molecule has 3 N–H and O–H groups in total. The van der Waals surface area contributed by atoms with Crippen LogP contribution in [0.25, 0.3) is 0 Å². The zero-order valence-electron chi connectivity index (χ0n) is 11.1. The van der Waals surface area contributed by atoms with Crippen molar-refractivity contribution >= 4 is 11.8 Å². The van der Waals surface area contributed by atoms with Gasteiger partial charge in [0.1, 0.15) is 0 Å². The lowest BCUT2D eigenvalue weighted by Gasteiger charge is -2.21. The maximum absolute atomic E-state index is 11.9. The van der Waals surface area contributed by atoms with Crippen LogP contribution >= 0.6 is 0 Å². The molecule has 104 valence electrons. The van der Waals surface area contributed by atoms with Gasteiger partial charge in [-0.15, -0.1) is 0 Å². The van der Waals surface area contributed by atoms with Crippen molar-refractivity contribution in [2.45, 2.75) is 26.3 Å². The first-order valence-corrected chi connectivity index (χ1v) is 6.41. The Kier molecular flexibility index (Phi) is 6.07. The molecule has 18 heavy (non-hydrogen) atoms. The van der Waals surface area contributed by atoms with Crippen LogP contribution in [0.5, 0.6) is 0 Å². The second-order valence-corrected chi connectivity index (χ2v) is 4.83. The first-order valence-electron chi connectivity index (χ1n) is 6.41. The Balaban J connectivity index is 2.33. The second-order valence-electron chi connectivity index (χ2n) is 4.83. The molecule has 6 nitrogen and oxygen atoms in total. The highest BCUT2D eigenvalue weighted by molar-refractivity contribution is 5.87. The molecular weight excluding hydrogens is 234 g/mol. The van der Waals surface area contributed by atoms with E-state index >= 15 is 0 Å². The van der Waals surface area contributed by atoms with Crippen molar-refractivity contribution in [2.24, 2.45) is 11.7 Å². The highest BCUT2D eigenvalue weighted by Crippen LogP contribution is 2.00. The van der Waals surface area contributed by atoms with Crippen LogP contribution in [0.2, 0.25) is 0 Å². The van der Waals surface area contributed by atoms with Crippen LogP contribution in [-0.2, 0) is 14.3 Å². The van der Waals surface area contributed by atoms with E-state index in [9.17, 15) is 9.59 Å². The van der Waals surface area contributed by atoms with Crippen LogP contribution in [0, 0.1) is 5.92 Å². The summed E-state index contributed by atoms with van der Waals surface area (Å²) in [6, 6.07) is -0.565. The summed E-state index contributed by atoms with van der Waals surface area (Å²) in [6.45, 7) is 6.28. The number of nitrogens with two attached hydrogens (primary N) is 1. The molecule has 1 heterocycles. The molecule has 0 aromatic rings. The fourth-order valence-electron chi connectivity index (χ4n) is 1.69. The predicted molar refractivity (Wildman–Crippen MR) is 67.8 cm³/mol. The maximum atomic E-state index is 11.9. The zero-order valence-corrected chi connectivity index (χ0v) is 11.1. The lowest BCUT2D eigenvalue weighted by molar-refractivity contribution is -0.133. The van der Waals surface area contributed by atoms with Gasteiger partial charge in [-0.25, -0.2) is 0 Å². The second kappa shape index (κ2) is 7.33. The number of rotatable bonds is 4. The summed E-state index contributed by atoms with van der Waals surface area (Å²) < 4.78 is 5.27. The fourth-order valence-corrected chi connectivity index (χ4v) is 1.69. The highest BCUT2D eigenvalue weighted by Gasteiger charge is 2.20. The molecule has 1 saturated heterocycles. The van der Waals surface area contributed by atoms with E-state index in [-0.39, 0.29) is 24.3 Å². The summed E-state index contributed by atoms with van der Waals surface area (Å²) in [4.78, 5) is 25.2. The standard InChI is InChI=1S/C12H23N3O3/c1-9(2)11(13)12(17)14-8-10(16)15-4-3-6-18-7-5-15/h9,11H,3-8,13H2,1-2H3,(H,14,17)/t11-/m0/s1. The minimum absolute atomic E-state index is 0.0131. The number of hydrogen-bond donors (Lipinski definition) is 2. The maximum Gasteiger partial charge on any atom is 0.242 e. The molecule has 1 rings (SSSR count). The molecule has 0 aliphatic carbocycles. The number of ether oxygens (including phenoxy) is 1. The summed E-state index contributed by atoms with van der Waals surface area (Å²) in [7, 11) is 0. The van der Waals surface area contributed by atoms with E-state index in [1.54, 1.807) is 4.90 Å². The average molecular weight is 257 g/mol. The SMILES string of the molecule is CC(C)[C@H](N)C(=O)NCC(=O)N1CCCOCC1. The van der Waals surface area contributed by atoms with Crippen LogP contribution in [0.3, 0.4) is 0 Å². The van der Waals surface area contributed by atoms with Gasteiger partial charge in [0.05, 0.1) is 19.2 Å². The molecule has 2 amide bonds. The third-order valence-corrected chi connectivity index (χ3v) is 3.01. The molecule has 1 aliphatic rings. The van der Waals surface area contributed by atoms with E-state index in [2.05, 4.69) is 5.32 Å². The topological polar surface area (TPSA) is 84.7 Å². The van der Waals surface area contributed by atoms with Gasteiger partial charge in [-0.3, -0.25) is 9.59 Å². The number of amides is 2. The summed E-state index contributed by atoms with van der Waals surface area (Å²) in [5, 5.41) is 2.59. The summed E-state index contributed by atoms with van der Waals surface area (Å²) in [6.07, 6.45) is 0.838. The summed E-state index contributed by atoms with van der Waals surface area (Å²) in [5.74, 6) is -0.291. The van der Waals surface area contributed by atoms with Crippen LogP contribution in [0.4, 0.5) is 0 Å². The third kappa shape index (κ3) is 4.62. The monoisotopic (exact) mass is 257 g/mol. The molecule has 0 unspecified atom stereocenters. The van der Waals surface area contributed by atoms with Gasteiger partial charge < -0.3 is 20.7 Å². The lowest BCUT2D eigenvalue weighted by Crippen LogP contribution is -2.48. The van der Waals surface area contributed by atoms with E-state index < -0.39 is 6.04 Å². The first-order chi connectivity index (χ1) is 8.52. The van der Waals surface area contributed by atoms with Gasteiger partial charge in [0.15, 0.2) is 0 Å². The Morgan fingerprint density at radius 2 is 2.06 bits per heavy atom. The molecule has 1 aliphatic heterocycles. The van der Waals surface area contributed by atoms with Crippen molar-refractivity contribution in [1.82, 2.24) is 10.2 Å². The van der Waals surface area contributed by atoms with Gasteiger partial charge in [-0.2, -0.15) is 0 Å². The number of nitrogens with one attached hydrogen (secondary N) is 1. The lowest BCUT2D eigenvalue weighted by atomic mass is 10.1. The predicted octanol–water partition coefficient (Wildman–Crippen LogP) is -0.665. The van der Waals surface area contributed by atoms with Crippen molar-refractivity contribution in [1.29, 1.82) is 0 Å². The molecule has 0 aromatic heterocycles.